The van der Waals surface area contributed by atoms with Crippen molar-refractivity contribution in [2.24, 2.45) is 11.8 Å². The first-order valence-electron chi connectivity index (χ1n) is 8.70. The molecule has 2 atom stereocenters. The minimum atomic E-state index is 0.958. The summed E-state index contributed by atoms with van der Waals surface area (Å²) in [7, 11) is 0. The van der Waals surface area contributed by atoms with Crippen LogP contribution in [0.4, 0.5) is 0 Å². The zero-order chi connectivity index (χ0) is 13.6. The lowest BCUT2D eigenvalue weighted by atomic mass is 9.91. The Bertz CT molecular complexity index is 132. The molecular formula is C18H38. The molecule has 0 aromatic carbocycles. The van der Waals surface area contributed by atoms with Crippen molar-refractivity contribution >= 4 is 0 Å². The third-order valence-corrected chi connectivity index (χ3v) is 4.25. The average Bonchev–Trinajstić information content (AvgIpc) is 2.37. The second-order valence-electron chi connectivity index (χ2n) is 6.49. The maximum Gasteiger partial charge on any atom is -0.0443 e. The van der Waals surface area contributed by atoms with Gasteiger partial charge in [-0.05, 0) is 11.8 Å². The lowest BCUT2D eigenvalue weighted by Crippen LogP contribution is -2.01. The summed E-state index contributed by atoms with van der Waals surface area (Å²) in [6.07, 6.45) is 17.3. The summed E-state index contributed by atoms with van der Waals surface area (Å²) in [4.78, 5) is 0. The Labute approximate surface area is 117 Å². The third-order valence-electron chi connectivity index (χ3n) is 4.25. The van der Waals surface area contributed by atoms with Crippen molar-refractivity contribution in [1.29, 1.82) is 0 Å². The van der Waals surface area contributed by atoms with Gasteiger partial charge >= 0.3 is 0 Å². The van der Waals surface area contributed by atoms with E-state index < -0.39 is 0 Å². The van der Waals surface area contributed by atoms with Crippen LogP contribution in [0.1, 0.15) is 105 Å². The highest BCUT2D eigenvalue weighted by molar-refractivity contribution is 4.59. The van der Waals surface area contributed by atoms with Crippen LogP contribution < -0.4 is 0 Å². The molecule has 0 aliphatic heterocycles. The molecule has 0 aliphatic carbocycles. The summed E-state index contributed by atoms with van der Waals surface area (Å²) < 4.78 is 0. The van der Waals surface area contributed by atoms with Crippen molar-refractivity contribution in [2.75, 3.05) is 0 Å². The van der Waals surface area contributed by atoms with Gasteiger partial charge in [-0.25, -0.2) is 0 Å². The molecule has 0 N–H and O–H groups in total. The van der Waals surface area contributed by atoms with Crippen molar-refractivity contribution in [3.8, 4) is 0 Å². The van der Waals surface area contributed by atoms with Gasteiger partial charge < -0.3 is 0 Å². The monoisotopic (exact) mass is 254 g/mol. The van der Waals surface area contributed by atoms with Crippen LogP contribution in [0.15, 0.2) is 0 Å². The molecule has 0 aromatic heterocycles. The van der Waals surface area contributed by atoms with Crippen LogP contribution >= 0.6 is 0 Å². The van der Waals surface area contributed by atoms with E-state index in [9.17, 15) is 0 Å². The number of hydrogen-bond acceptors (Lipinski definition) is 0. The molecule has 0 heterocycles. The standard InChI is InChI=1S/C18H38/c1-5-7-9-11-13-17(3)15-16-18(4)14-12-10-8-6-2/h17-18H,5-16H2,1-4H3. The lowest BCUT2D eigenvalue weighted by Gasteiger charge is -2.15. The summed E-state index contributed by atoms with van der Waals surface area (Å²) in [6.45, 7) is 9.50. The molecule has 0 rings (SSSR count). The van der Waals surface area contributed by atoms with Gasteiger partial charge in [0.15, 0.2) is 0 Å². The van der Waals surface area contributed by atoms with Crippen LogP contribution in [0.25, 0.3) is 0 Å². The fourth-order valence-corrected chi connectivity index (χ4v) is 2.70. The van der Waals surface area contributed by atoms with E-state index in [1.165, 1.54) is 77.0 Å². The first kappa shape index (κ1) is 18.0. The predicted octanol–water partition coefficient (Wildman–Crippen LogP) is 6.98. The Balaban J connectivity index is 3.32. The highest BCUT2D eigenvalue weighted by Gasteiger charge is 2.06. The van der Waals surface area contributed by atoms with Crippen LogP contribution in [0.5, 0.6) is 0 Å². The zero-order valence-electron chi connectivity index (χ0n) is 13.6. The van der Waals surface area contributed by atoms with Crippen LogP contribution in [-0.4, -0.2) is 0 Å². The van der Waals surface area contributed by atoms with Gasteiger partial charge in [0.1, 0.15) is 0 Å². The maximum absolute atomic E-state index is 2.45. The molecule has 0 saturated heterocycles. The first-order chi connectivity index (χ1) is 8.70. The van der Waals surface area contributed by atoms with Crippen molar-refractivity contribution in [2.45, 2.75) is 105 Å². The SMILES string of the molecule is CCCCCCC(C)CCC(C)CCCCCC. The van der Waals surface area contributed by atoms with Gasteiger partial charge in [-0.1, -0.05) is 105 Å². The Kier molecular flexibility index (Phi) is 13.4. The summed E-state index contributed by atoms with van der Waals surface area (Å²) in [5, 5.41) is 0. The Morgan fingerprint density at radius 3 is 1.22 bits per heavy atom. The first-order valence-corrected chi connectivity index (χ1v) is 8.70. The number of unbranched alkanes of at least 4 members (excludes halogenated alkanes) is 6. The summed E-state index contributed by atoms with van der Waals surface area (Å²) >= 11 is 0. The van der Waals surface area contributed by atoms with Crippen LogP contribution in [0, 0.1) is 11.8 Å². The van der Waals surface area contributed by atoms with E-state index in [0.29, 0.717) is 0 Å². The Morgan fingerprint density at radius 2 is 0.889 bits per heavy atom. The van der Waals surface area contributed by atoms with E-state index in [1.807, 2.05) is 0 Å². The Hall–Kier alpha value is 0. The molecule has 0 aliphatic rings. The molecule has 0 bridgehead atoms. The van der Waals surface area contributed by atoms with E-state index in [0.717, 1.165) is 11.8 Å². The average molecular weight is 255 g/mol. The predicted molar refractivity (Wildman–Crippen MR) is 85.1 cm³/mol. The van der Waals surface area contributed by atoms with Crippen LogP contribution in [0.2, 0.25) is 0 Å². The van der Waals surface area contributed by atoms with Crippen LogP contribution in [-0.2, 0) is 0 Å². The molecule has 0 heteroatoms. The van der Waals surface area contributed by atoms with Gasteiger partial charge in [0.25, 0.3) is 0 Å². The molecule has 18 heavy (non-hydrogen) atoms. The Morgan fingerprint density at radius 1 is 0.500 bits per heavy atom. The van der Waals surface area contributed by atoms with E-state index in [4.69, 9.17) is 0 Å². The van der Waals surface area contributed by atoms with Gasteiger partial charge in [-0.3, -0.25) is 0 Å². The smallest absolute Gasteiger partial charge is 0.0443 e. The molecule has 0 aromatic rings. The van der Waals surface area contributed by atoms with Gasteiger partial charge in [0, 0.05) is 0 Å². The van der Waals surface area contributed by atoms with E-state index in [2.05, 4.69) is 27.7 Å². The van der Waals surface area contributed by atoms with Crippen molar-refractivity contribution < 1.29 is 0 Å². The minimum absolute atomic E-state index is 0.958. The molecule has 0 nitrogen and oxygen atoms in total. The lowest BCUT2D eigenvalue weighted by molar-refractivity contribution is 0.378. The molecule has 0 saturated carbocycles. The molecule has 0 spiro atoms. The largest absolute Gasteiger partial charge is 0.0654 e. The normalized spacial score (nSPS) is 14.7. The van der Waals surface area contributed by atoms with Gasteiger partial charge in [0.05, 0.1) is 0 Å². The van der Waals surface area contributed by atoms with Crippen molar-refractivity contribution in [3.63, 3.8) is 0 Å². The molecule has 0 fully saturated rings. The highest BCUT2D eigenvalue weighted by atomic mass is 14.1. The summed E-state index contributed by atoms with van der Waals surface area (Å²) in [6, 6.07) is 0. The van der Waals surface area contributed by atoms with Gasteiger partial charge in [-0.2, -0.15) is 0 Å². The van der Waals surface area contributed by atoms with E-state index >= 15 is 0 Å². The summed E-state index contributed by atoms with van der Waals surface area (Å²) in [5.74, 6) is 1.92. The van der Waals surface area contributed by atoms with E-state index in [1.54, 1.807) is 0 Å². The minimum Gasteiger partial charge on any atom is -0.0654 e. The molecule has 2 unspecified atom stereocenters. The van der Waals surface area contributed by atoms with E-state index in [-0.39, 0.29) is 0 Å². The van der Waals surface area contributed by atoms with Gasteiger partial charge in [-0.15, -0.1) is 0 Å². The third kappa shape index (κ3) is 12.5. The molecular weight excluding hydrogens is 216 g/mol. The fourth-order valence-electron chi connectivity index (χ4n) is 2.70. The quantitative estimate of drug-likeness (QED) is 0.311. The molecule has 110 valence electrons. The van der Waals surface area contributed by atoms with Crippen molar-refractivity contribution in [3.05, 3.63) is 0 Å². The second-order valence-corrected chi connectivity index (χ2v) is 6.49. The highest BCUT2D eigenvalue weighted by Crippen LogP contribution is 2.21. The van der Waals surface area contributed by atoms with Gasteiger partial charge in [0.2, 0.25) is 0 Å². The summed E-state index contributed by atoms with van der Waals surface area (Å²) in [5.41, 5.74) is 0. The maximum atomic E-state index is 2.45. The molecule has 0 radical (unpaired) electrons. The van der Waals surface area contributed by atoms with Crippen LogP contribution in [0.3, 0.4) is 0 Å². The zero-order valence-corrected chi connectivity index (χ0v) is 13.6. The fraction of sp³-hybridized carbons (Fsp3) is 1.00. The topological polar surface area (TPSA) is 0 Å². The number of hydrogen-bond donors (Lipinski definition) is 0. The molecule has 0 amide bonds. The van der Waals surface area contributed by atoms with Crippen molar-refractivity contribution in [1.82, 2.24) is 0 Å². The number of rotatable bonds is 13. The second kappa shape index (κ2) is 13.4.